The molecule has 1 N–H and O–H groups in total. The molecule has 1 rings (SSSR count). The van der Waals surface area contributed by atoms with Gasteiger partial charge in [-0.2, -0.15) is 0 Å². The van der Waals surface area contributed by atoms with Crippen LogP contribution in [-0.4, -0.2) is 35.5 Å². The third kappa shape index (κ3) is 4.11. The third-order valence-electron chi connectivity index (χ3n) is 4.11. The number of hydrogen-bond acceptors (Lipinski definition) is 3. The zero-order chi connectivity index (χ0) is 14.4. The molecular weight excluding hydrogens is 244 g/mol. The summed E-state index contributed by atoms with van der Waals surface area (Å²) in [4.78, 5) is 25.1. The van der Waals surface area contributed by atoms with E-state index in [0.29, 0.717) is 13.0 Å². The number of aliphatic carboxylic acids is 1. The summed E-state index contributed by atoms with van der Waals surface area (Å²) in [5, 5.41) is 13.8. The Morgan fingerprint density at radius 1 is 1.37 bits per heavy atom. The molecule has 0 aromatic rings. The maximum absolute atomic E-state index is 12.2. The number of nitrogens with zero attached hydrogens (tertiary/aromatic N) is 1. The van der Waals surface area contributed by atoms with Crippen molar-refractivity contribution in [1.29, 1.82) is 0 Å². The first-order chi connectivity index (χ1) is 9.01. The smallest absolute Gasteiger partial charge is 0.318 e. The number of rotatable bonds is 5. The van der Waals surface area contributed by atoms with Crippen molar-refractivity contribution in [3.8, 4) is 0 Å². The van der Waals surface area contributed by atoms with Crippen LogP contribution in [0.3, 0.4) is 0 Å². The molecule has 0 bridgehead atoms. The molecular formula is C14H25N2O3-. The highest BCUT2D eigenvalue weighted by Crippen LogP contribution is 2.20. The van der Waals surface area contributed by atoms with Crippen LogP contribution in [0.2, 0.25) is 0 Å². The molecule has 0 radical (unpaired) electrons. The molecule has 19 heavy (non-hydrogen) atoms. The van der Waals surface area contributed by atoms with Crippen LogP contribution < -0.4 is 10.4 Å². The highest BCUT2D eigenvalue weighted by molar-refractivity contribution is 5.82. The Labute approximate surface area is 115 Å². The van der Waals surface area contributed by atoms with Gasteiger partial charge < -0.3 is 20.1 Å². The lowest BCUT2D eigenvalue weighted by atomic mass is 9.98. The fourth-order valence-corrected chi connectivity index (χ4v) is 2.58. The Morgan fingerprint density at radius 3 is 2.58 bits per heavy atom. The molecule has 1 aliphatic rings. The van der Waals surface area contributed by atoms with Gasteiger partial charge in [-0.15, -0.1) is 0 Å². The standard InChI is InChI=1S/C14H26N2O3/c1-4-10(3)12(13(17)18)15-14(19)16-9-7-6-8-11(16)5-2/h10-12H,4-9H2,1-3H3,(H,15,19)(H,17,18)/p-1/t10-,11+,12+/m1/s1. The molecule has 0 unspecified atom stereocenters. The van der Waals surface area contributed by atoms with E-state index in [4.69, 9.17) is 0 Å². The van der Waals surface area contributed by atoms with Gasteiger partial charge >= 0.3 is 6.03 Å². The number of carbonyl (C=O) groups excluding carboxylic acids is 2. The van der Waals surface area contributed by atoms with Crippen molar-refractivity contribution in [2.75, 3.05) is 6.54 Å². The Bertz CT molecular complexity index is 320. The number of carboxylic acid groups (broad SMARTS) is 1. The van der Waals surface area contributed by atoms with Crippen molar-refractivity contribution >= 4 is 12.0 Å². The average Bonchev–Trinajstić information content (AvgIpc) is 2.43. The molecule has 3 atom stereocenters. The SMILES string of the molecule is CC[C@H]1CCCCN1C(=O)N[C@H](C(=O)[O-])[C@H](C)CC. The van der Waals surface area contributed by atoms with E-state index in [-0.39, 0.29) is 18.0 Å². The molecule has 110 valence electrons. The lowest BCUT2D eigenvalue weighted by Gasteiger charge is -2.37. The molecule has 0 saturated carbocycles. The summed E-state index contributed by atoms with van der Waals surface area (Å²) in [6.07, 6.45) is 4.73. The number of urea groups is 1. The number of piperidine rings is 1. The van der Waals surface area contributed by atoms with Gasteiger partial charge in [0.1, 0.15) is 0 Å². The first-order valence-electron chi connectivity index (χ1n) is 7.29. The highest BCUT2D eigenvalue weighted by Gasteiger charge is 2.28. The van der Waals surface area contributed by atoms with Gasteiger partial charge in [-0.05, 0) is 31.6 Å². The lowest BCUT2D eigenvalue weighted by Crippen LogP contribution is -2.57. The first-order valence-corrected chi connectivity index (χ1v) is 7.29. The van der Waals surface area contributed by atoms with Crippen LogP contribution in [0.4, 0.5) is 4.79 Å². The first kappa shape index (κ1) is 15.8. The van der Waals surface area contributed by atoms with Gasteiger partial charge in [0.05, 0.1) is 12.0 Å². The van der Waals surface area contributed by atoms with E-state index >= 15 is 0 Å². The number of nitrogens with one attached hydrogen (secondary N) is 1. The van der Waals surface area contributed by atoms with Crippen LogP contribution in [0.15, 0.2) is 0 Å². The molecule has 0 spiro atoms. The second kappa shape index (κ2) is 7.36. The van der Waals surface area contributed by atoms with Crippen LogP contribution in [0.1, 0.15) is 52.9 Å². The van der Waals surface area contributed by atoms with Crippen LogP contribution in [-0.2, 0) is 4.79 Å². The van der Waals surface area contributed by atoms with E-state index in [9.17, 15) is 14.7 Å². The van der Waals surface area contributed by atoms with E-state index in [0.717, 1.165) is 25.7 Å². The Balaban J connectivity index is 2.67. The van der Waals surface area contributed by atoms with Crippen molar-refractivity contribution in [2.45, 2.75) is 65.0 Å². The maximum atomic E-state index is 12.2. The summed E-state index contributed by atoms with van der Waals surface area (Å²) >= 11 is 0. The monoisotopic (exact) mass is 269 g/mol. The molecule has 5 nitrogen and oxygen atoms in total. The minimum absolute atomic E-state index is 0.126. The van der Waals surface area contributed by atoms with Crippen molar-refractivity contribution in [3.05, 3.63) is 0 Å². The molecule has 0 aromatic heterocycles. The summed E-state index contributed by atoms with van der Waals surface area (Å²) in [6.45, 7) is 6.49. The van der Waals surface area contributed by atoms with Crippen LogP contribution in [0, 0.1) is 5.92 Å². The summed E-state index contributed by atoms with van der Waals surface area (Å²) in [5.41, 5.74) is 0. The van der Waals surface area contributed by atoms with Crippen LogP contribution in [0.25, 0.3) is 0 Å². The quantitative estimate of drug-likeness (QED) is 0.813. The van der Waals surface area contributed by atoms with Gasteiger partial charge in [0.2, 0.25) is 0 Å². The number of likely N-dealkylation sites (tertiary alicyclic amines) is 1. The molecule has 5 heteroatoms. The summed E-state index contributed by atoms with van der Waals surface area (Å²) in [5.74, 6) is -1.33. The Morgan fingerprint density at radius 2 is 2.05 bits per heavy atom. The number of carbonyl (C=O) groups is 2. The summed E-state index contributed by atoms with van der Waals surface area (Å²) in [6, 6.07) is -0.939. The van der Waals surface area contributed by atoms with Crippen molar-refractivity contribution < 1.29 is 14.7 Å². The molecule has 1 saturated heterocycles. The predicted octanol–water partition coefficient (Wildman–Crippen LogP) is 1.13. The van der Waals surface area contributed by atoms with E-state index in [1.807, 2.05) is 13.8 Å². The molecule has 0 aromatic carbocycles. The normalized spacial score (nSPS) is 22.7. The van der Waals surface area contributed by atoms with Gasteiger partial charge in [-0.25, -0.2) is 4.79 Å². The second-order valence-corrected chi connectivity index (χ2v) is 5.38. The summed E-state index contributed by atoms with van der Waals surface area (Å²) < 4.78 is 0. The topological polar surface area (TPSA) is 72.5 Å². The van der Waals surface area contributed by atoms with E-state index in [1.165, 1.54) is 0 Å². The van der Waals surface area contributed by atoms with Crippen molar-refractivity contribution in [3.63, 3.8) is 0 Å². The van der Waals surface area contributed by atoms with Crippen LogP contribution in [0.5, 0.6) is 0 Å². The highest BCUT2D eigenvalue weighted by atomic mass is 16.4. The zero-order valence-corrected chi connectivity index (χ0v) is 12.1. The fraction of sp³-hybridized carbons (Fsp3) is 0.857. The molecule has 1 aliphatic heterocycles. The Kier molecular flexibility index (Phi) is 6.12. The molecule has 2 amide bonds. The average molecular weight is 269 g/mol. The minimum atomic E-state index is -1.20. The number of carboxylic acids is 1. The van der Waals surface area contributed by atoms with E-state index in [2.05, 4.69) is 12.2 Å². The van der Waals surface area contributed by atoms with Gasteiger partial charge in [0, 0.05) is 12.6 Å². The zero-order valence-electron chi connectivity index (χ0n) is 12.1. The largest absolute Gasteiger partial charge is 0.548 e. The van der Waals surface area contributed by atoms with Gasteiger partial charge in [0.15, 0.2) is 0 Å². The number of hydrogen-bond donors (Lipinski definition) is 1. The third-order valence-corrected chi connectivity index (χ3v) is 4.11. The van der Waals surface area contributed by atoms with Gasteiger partial charge in [0.25, 0.3) is 0 Å². The van der Waals surface area contributed by atoms with Crippen LogP contribution >= 0.6 is 0 Å². The number of amides is 2. The maximum Gasteiger partial charge on any atom is 0.318 e. The second-order valence-electron chi connectivity index (χ2n) is 5.38. The van der Waals surface area contributed by atoms with E-state index < -0.39 is 12.0 Å². The van der Waals surface area contributed by atoms with Gasteiger partial charge in [-0.3, -0.25) is 0 Å². The van der Waals surface area contributed by atoms with Gasteiger partial charge in [-0.1, -0.05) is 27.2 Å². The molecule has 0 aliphatic carbocycles. The van der Waals surface area contributed by atoms with E-state index in [1.54, 1.807) is 4.90 Å². The lowest BCUT2D eigenvalue weighted by molar-refractivity contribution is -0.309. The fourth-order valence-electron chi connectivity index (χ4n) is 2.58. The molecule has 1 heterocycles. The van der Waals surface area contributed by atoms with Crippen molar-refractivity contribution in [1.82, 2.24) is 10.2 Å². The predicted molar refractivity (Wildman–Crippen MR) is 71.4 cm³/mol. The Hall–Kier alpha value is -1.26. The van der Waals surface area contributed by atoms with Crippen molar-refractivity contribution in [2.24, 2.45) is 5.92 Å². The summed E-state index contributed by atoms with van der Waals surface area (Å²) in [7, 11) is 0. The molecule has 1 fully saturated rings. The minimum Gasteiger partial charge on any atom is -0.548 e.